The van der Waals surface area contributed by atoms with Gasteiger partial charge in [0.1, 0.15) is 0 Å². The number of hydrogen-bond acceptors (Lipinski definition) is 6. The minimum atomic E-state index is -0.482. The molecule has 0 radical (unpaired) electrons. The van der Waals surface area contributed by atoms with Crippen LogP contribution in [0.4, 0.5) is 0 Å². The summed E-state index contributed by atoms with van der Waals surface area (Å²) < 4.78 is 19.9. The second kappa shape index (κ2) is 12.8. The smallest absolute Gasteiger partial charge is 0.223 e. The summed E-state index contributed by atoms with van der Waals surface area (Å²) in [6.45, 7) is 14.0. The first-order chi connectivity index (χ1) is 22.7. The van der Waals surface area contributed by atoms with Gasteiger partial charge >= 0.3 is 0 Å². The van der Waals surface area contributed by atoms with Crippen molar-refractivity contribution in [3.8, 4) is 0 Å². The Morgan fingerprint density at radius 1 is 1.02 bits per heavy atom. The fourth-order valence-electron chi connectivity index (χ4n) is 12.8. The Hall–Kier alpha value is -1.22. The van der Waals surface area contributed by atoms with E-state index in [9.17, 15) is 14.7 Å². The number of rotatable bonds is 7. The fraction of sp³-hybridized carbons (Fsp3) is 0.950. The van der Waals surface area contributed by atoms with E-state index in [-0.39, 0.29) is 58.1 Å². The SMILES string of the molecule is CC1CC(CCC(=O)N(C)C)OC2C1C1(C)CCC34CCCC(OC5CN(C(=O)CC6CC6)CCO5)C(C)(C)C(CCC3C1(C)C2O)C4. The minimum absolute atomic E-state index is 0.000816. The van der Waals surface area contributed by atoms with Crippen molar-refractivity contribution in [2.24, 2.45) is 51.2 Å². The molecule has 1 N–H and O–H groups in total. The molecule has 8 nitrogen and oxygen atoms in total. The van der Waals surface area contributed by atoms with Crippen LogP contribution in [0, 0.1) is 51.2 Å². The molecule has 5 aliphatic carbocycles. The molecule has 0 aromatic carbocycles. The number of carbonyl (C=O) groups is 2. The van der Waals surface area contributed by atoms with Crippen LogP contribution in [-0.2, 0) is 23.8 Å². The Kier molecular flexibility index (Phi) is 9.36. The number of aliphatic hydroxyl groups excluding tert-OH is 1. The highest BCUT2D eigenvalue weighted by Crippen LogP contribution is 2.76. The molecular weight excluding hydrogens is 604 g/mol. The van der Waals surface area contributed by atoms with E-state index in [2.05, 4.69) is 34.6 Å². The van der Waals surface area contributed by atoms with Crippen LogP contribution >= 0.6 is 0 Å². The molecule has 2 saturated heterocycles. The van der Waals surface area contributed by atoms with E-state index < -0.39 is 6.10 Å². The third-order valence-corrected chi connectivity index (χ3v) is 16.0. The van der Waals surface area contributed by atoms with Gasteiger partial charge in [-0.2, -0.15) is 0 Å². The van der Waals surface area contributed by atoms with E-state index in [0.717, 1.165) is 44.9 Å². The number of hydrogen-bond donors (Lipinski definition) is 1. The highest BCUT2D eigenvalue weighted by molar-refractivity contribution is 5.77. The van der Waals surface area contributed by atoms with E-state index in [0.29, 0.717) is 62.1 Å². The Morgan fingerprint density at radius 3 is 2.52 bits per heavy atom. The van der Waals surface area contributed by atoms with Gasteiger partial charge in [-0.05, 0) is 116 Å². The van der Waals surface area contributed by atoms with Gasteiger partial charge in [-0.3, -0.25) is 9.59 Å². The maximum atomic E-state index is 12.9. The molecule has 48 heavy (non-hydrogen) atoms. The molecule has 2 heterocycles. The van der Waals surface area contributed by atoms with E-state index in [4.69, 9.17) is 14.2 Å². The summed E-state index contributed by atoms with van der Waals surface area (Å²) in [6.07, 6.45) is 13.7. The molecular formula is C40H66N2O6. The van der Waals surface area contributed by atoms with Crippen LogP contribution in [0.15, 0.2) is 0 Å². The van der Waals surface area contributed by atoms with Crippen LogP contribution in [0.25, 0.3) is 0 Å². The molecule has 2 amide bonds. The largest absolute Gasteiger partial charge is 0.390 e. The number of nitrogens with zero attached hydrogens (tertiary/aromatic N) is 2. The van der Waals surface area contributed by atoms with Crippen LogP contribution in [-0.4, -0.2) is 91.2 Å². The molecule has 7 rings (SSSR count). The van der Waals surface area contributed by atoms with E-state index >= 15 is 0 Å². The van der Waals surface area contributed by atoms with Gasteiger partial charge in [0.2, 0.25) is 11.8 Å². The van der Waals surface area contributed by atoms with Gasteiger partial charge in [0.05, 0.1) is 37.6 Å². The first-order valence-corrected chi connectivity index (χ1v) is 19.8. The quantitative estimate of drug-likeness (QED) is 0.336. The van der Waals surface area contributed by atoms with Gasteiger partial charge in [0.25, 0.3) is 0 Å². The maximum Gasteiger partial charge on any atom is 0.223 e. The second-order valence-corrected chi connectivity index (χ2v) is 19.0. The standard InChI is InChI=1S/C40H66N2O6/c1-25-21-28(13-15-31(43)41(6)7)47-35-34(25)38(4)17-18-40-16-8-9-30(48-33-24-42(19-20-46-33)32(44)22-26-10-11-26)37(2,3)27(23-40)12-14-29(40)39(38,5)36(35)45/h25-30,33-36,45H,8-24H2,1-7H3. The summed E-state index contributed by atoms with van der Waals surface area (Å²) in [7, 11) is 3.64. The molecule has 7 fully saturated rings. The van der Waals surface area contributed by atoms with Crippen molar-refractivity contribution in [2.75, 3.05) is 33.8 Å². The lowest BCUT2D eigenvalue weighted by atomic mass is 9.39. The van der Waals surface area contributed by atoms with Crippen molar-refractivity contribution in [1.82, 2.24) is 9.80 Å². The van der Waals surface area contributed by atoms with Crippen molar-refractivity contribution < 1.29 is 28.9 Å². The van der Waals surface area contributed by atoms with Crippen molar-refractivity contribution in [2.45, 2.75) is 155 Å². The maximum absolute atomic E-state index is 12.9. The molecule has 5 saturated carbocycles. The Morgan fingerprint density at radius 2 is 1.79 bits per heavy atom. The molecule has 8 heteroatoms. The average molecular weight is 671 g/mol. The summed E-state index contributed by atoms with van der Waals surface area (Å²) in [5, 5.41) is 12.5. The zero-order valence-electron chi connectivity index (χ0n) is 31.2. The van der Waals surface area contributed by atoms with Crippen LogP contribution in [0.1, 0.15) is 125 Å². The number of carbonyl (C=O) groups excluding carboxylic acids is 2. The van der Waals surface area contributed by atoms with Gasteiger partial charge in [-0.1, -0.05) is 41.0 Å². The van der Waals surface area contributed by atoms with Crippen LogP contribution in [0.2, 0.25) is 0 Å². The highest BCUT2D eigenvalue weighted by Gasteiger charge is 2.74. The minimum Gasteiger partial charge on any atom is -0.390 e. The van der Waals surface area contributed by atoms with E-state index in [1.165, 1.54) is 32.1 Å². The molecule has 1 spiro atoms. The third kappa shape index (κ3) is 5.79. The predicted octanol–water partition coefficient (Wildman–Crippen LogP) is 6.43. The Bertz CT molecular complexity index is 1220. The summed E-state index contributed by atoms with van der Waals surface area (Å²) in [5.74, 6) is 2.86. The van der Waals surface area contributed by atoms with Gasteiger partial charge in [-0.25, -0.2) is 0 Å². The van der Waals surface area contributed by atoms with Crippen LogP contribution < -0.4 is 0 Å². The fourth-order valence-corrected chi connectivity index (χ4v) is 12.8. The summed E-state index contributed by atoms with van der Waals surface area (Å²) >= 11 is 0. The molecule has 272 valence electrons. The Labute approximate surface area is 290 Å². The lowest BCUT2D eigenvalue weighted by molar-refractivity contribution is -0.242. The van der Waals surface area contributed by atoms with Crippen LogP contribution in [0.5, 0.6) is 0 Å². The number of fused-ring (bicyclic) bond motifs is 5. The van der Waals surface area contributed by atoms with Crippen molar-refractivity contribution in [3.05, 3.63) is 0 Å². The summed E-state index contributed by atoms with van der Waals surface area (Å²) in [5.41, 5.74) is 0.0804. The first-order valence-electron chi connectivity index (χ1n) is 19.8. The average Bonchev–Trinajstić information content (AvgIpc) is 3.85. The second-order valence-electron chi connectivity index (χ2n) is 19.0. The van der Waals surface area contributed by atoms with Gasteiger partial charge < -0.3 is 29.1 Å². The number of amides is 2. The van der Waals surface area contributed by atoms with Crippen molar-refractivity contribution >= 4 is 11.8 Å². The van der Waals surface area contributed by atoms with E-state index in [1.807, 2.05) is 19.0 Å². The molecule has 2 aliphatic heterocycles. The Balaban J connectivity index is 1.06. The molecule has 12 atom stereocenters. The summed E-state index contributed by atoms with van der Waals surface area (Å²) in [6, 6.07) is 0. The zero-order valence-corrected chi connectivity index (χ0v) is 31.2. The highest BCUT2D eigenvalue weighted by atomic mass is 16.7. The van der Waals surface area contributed by atoms with E-state index in [1.54, 1.807) is 4.90 Å². The third-order valence-electron chi connectivity index (χ3n) is 16.0. The van der Waals surface area contributed by atoms with Crippen LogP contribution in [0.3, 0.4) is 0 Å². The topological polar surface area (TPSA) is 88.5 Å². The molecule has 7 aliphatic rings. The zero-order chi connectivity index (χ0) is 34.2. The van der Waals surface area contributed by atoms with Crippen molar-refractivity contribution in [3.63, 3.8) is 0 Å². The number of aliphatic hydroxyl groups is 1. The monoisotopic (exact) mass is 670 g/mol. The summed E-state index contributed by atoms with van der Waals surface area (Å²) in [4.78, 5) is 29.0. The molecule has 0 aromatic rings. The van der Waals surface area contributed by atoms with Gasteiger partial charge in [0.15, 0.2) is 6.29 Å². The van der Waals surface area contributed by atoms with Gasteiger partial charge in [0, 0.05) is 38.9 Å². The lowest BCUT2D eigenvalue weighted by Crippen LogP contribution is -2.61. The molecule has 2 bridgehead atoms. The van der Waals surface area contributed by atoms with Gasteiger partial charge in [-0.15, -0.1) is 0 Å². The molecule has 0 aromatic heterocycles. The lowest BCUT2D eigenvalue weighted by Gasteiger charge is -2.66. The first kappa shape index (κ1) is 35.2. The predicted molar refractivity (Wildman–Crippen MR) is 185 cm³/mol. The normalized spacial score (nSPS) is 46.8. The molecule has 12 unspecified atom stereocenters. The van der Waals surface area contributed by atoms with Crippen molar-refractivity contribution in [1.29, 1.82) is 0 Å². The number of ether oxygens (including phenoxy) is 3. The number of morpholine rings is 1.